The molecule has 3 unspecified atom stereocenters. The summed E-state index contributed by atoms with van der Waals surface area (Å²) < 4.78 is 20.7. The van der Waals surface area contributed by atoms with Crippen molar-refractivity contribution in [3.8, 4) is 0 Å². The third-order valence-electron chi connectivity index (χ3n) is 6.67. The van der Waals surface area contributed by atoms with Crippen LogP contribution in [-0.4, -0.2) is 69.1 Å². The van der Waals surface area contributed by atoms with Crippen LogP contribution in [0.5, 0.6) is 0 Å². The molecule has 1 saturated carbocycles. The molecule has 1 fully saturated rings. The molecule has 2 aromatic rings. The fraction of sp³-hybridized carbons (Fsp3) is 0.486. The Balaban J connectivity index is 0.000000341. The number of carbonyl (C=O) groups excluding carboxylic acids is 4. The van der Waals surface area contributed by atoms with Crippen molar-refractivity contribution in [2.24, 2.45) is 5.92 Å². The van der Waals surface area contributed by atoms with Gasteiger partial charge in [-0.2, -0.15) is 0 Å². The number of alkyl carbamates (subject to hydrolysis) is 2. The van der Waals surface area contributed by atoms with Crippen LogP contribution in [0.4, 0.5) is 9.59 Å². The second-order valence-electron chi connectivity index (χ2n) is 13.4. The molecule has 0 heterocycles. The highest BCUT2D eigenvalue weighted by molar-refractivity contribution is 5.90. The molecule has 0 aliphatic heterocycles. The summed E-state index contributed by atoms with van der Waals surface area (Å²) in [6.45, 7) is 10.3. The first-order valence-corrected chi connectivity index (χ1v) is 15.7. The Labute approximate surface area is 285 Å². The van der Waals surface area contributed by atoms with Gasteiger partial charge in [0.2, 0.25) is 0 Å². The molecule has 0 radical (unpaired) electrons. The number of rotatable bonds is 13. The molecule has 2 aromatic carbocycles. The second kappa shape index (κ2) is 17.9. The smallest absolute Gasteiger partial charge is 0.408 e. The van der Waals surface area contributed by atoms with E-state index in [4.69, 9.17) is 29.2 Å². The number of benzene rings is 2. The van der Waals surface area contributed by atoms with Gasteiger partial charge < -0.3 is 39.8 Å². The van der Waals surface area contributed by atoms with Gasteiger partial charge in [0.25, 0.3) is 0 Å². The minimum Gasteiger partial charge on any atom is -0.481 e. The summed E-state index contributed by atoms with van der Waals surface area (Å²) in [5.41, 5.74) is -1.19. The van der Waals surface area contributed by atoms with Gasteiger partial charge in [0.15, 0.2) is 0 Å². The zero-order valence-corrected chi connectivity index (χ0v) is 28.6. The Bertz CT molecular complexity index is 1430. The molecule has 3 atom stereocenters. The number of carboxylic acids is 2. The normalized spacial score (nSPS) is 17.1. The van der Waals surface area contributed by atoms with E-state index in [2.05, 4.69) is 10.6 Å². The third-order valence-corrected chi connectivity index (χ3v) is 6.67. The van der Waals surface area contributed by atoms with Crippen molar-refractivity contribution < 1.29 is 57.9 Å². The number of amides is 2. The molecule has 14 nitrogen and oxygen atoms in total. The number of carboxylic acid groups (broad SMARTS) is 2. The van der Waals surface area contributed by atoms with Gasteiger partial charge in [-0.05, 0) is 65.5 Å². The van der Waals surface area contributed by atoms with E-state index in [1.165, 1.54) is 0 Å². The molecule has 2 amide bonds. The number of nitrogens with one attached hydrogen (secondary N) is 2. The van der Waals surface area contributed by atoms with Crippen molar-refractivity contribution >= 4 is 36.1 Å². The van der Waals surface area contributed by atoms with E-state index in [-0.39, 0.29) is 38.9 Å². The van der Waals surface area contributed by atoms with Crippen molar-refractivity contribution in [2.75, 3.05) is 0 Å². The molecule has 0 aromatic heterocycles. The van der Waals surface area contributed by atoms with E-state index in [0.717, 1.165) is 11.1 Å². The van der Waals surface area contributed by atoms with E-state index in [0.29, 0.717) is 0 Å². The zero-order valence-electron chi connectivity index (χ0n) is 28.6. The average Bonchev–Trinajstić information content (AvgIpc) is 3.67. The van der Waals surface area contributed by atoms with Gasteiger partial charge in [-0.3, -0.25) is 9.59 Å². The molecule has 49 heavy (non-hydrogen) atoms. The Hall–Kier alpha value is -5.14. The van der Waals surface area contributed by atoms with Crippen LogP contribution in [0.2, 0.25) is 0 Å². The fourth-order valence-electron chi connectivity index (χ4n) is 4.37. The monoisotopic (exact) mass is 686 g/mol. The standard InChI is InChI=1S/C18H23NO6.C17H23NO6/c1-17(2,3)25-16(23)19-18(10-13(18)9-14(20)21)15(22)24-11-12-7-5-4-6-8-12;1-17(2,3)24-16(22)18-13(9-10-14(19)20)15(21)23-11-12-7-5-4-6-8-12/h4-8,13H,9-11H2,1-3H3,(H,19,23)(H,20,21);4-8,13H,9-11H2,1-3H3,(H,18,22)(H,19,20). The Morgan fingerprint density at radius 3 is 1.71 bits per heavy atom. The maximum atomic E-state index is 12.5. The lowest BCUT2D eigenvalue weighted by Gasteiger charge is -2.23. The summed E-state index contributed by atoms with van der Waals surface area (Å²) in [6, 6.07) is 17.1. The molecule has 3 rings (SSSR count). The van der Waals surface area contributed by atoms with Crippen LogP contribution in [-0.2, 0) is 51.3 Å². The molecule has 0 bridgehead atoms. The highest BCUT2D eigenvalue weighted by Gasteiger charge is 2.63. The Morgan fingerprint density at radius 1 is 0.755 bits per heavy atom. The molecule has 4 N–H and O–H groups in total. The number of carbonyl (C=O) groups is 6. The van der Waals surface area contributed by atoms with Crippen LogP contribution < -0.4 is 10.6 Å². The van der Waals surface area contributed by atoms with Crippen LogP contribution in [0.15, 0.2) is 60.7 Å². The molecular weight excluding hydrogens is 640 g/mol. The van der Waals surface area contributed by atoms with Crippen LogP contribution >= 0.6 is 0 Å². The van der Waals surface area contributed by atoms with Gasteiger partial charge in [0.05, 0.1) is 6.42 Å². The highest BCUT2D eigenvalue weighted by atomic mass is 16.6. The van der Waals surface area contributed by atoms with Gasteiger partial charge >= 0.3 is 36.1 Å². The lowest BCUT2D eigenvalue weighted by molar-refractivity contribution is -0.150. The minimum absolute atomic E-state index is 0.0409. The number of aliphatic carboxylic acids is 2. The Kier molecular flexibility index (Phi) is 14.6. The second-order valence-corrected chi connectivity index (χ2v) is 13.4. The van der Waals surface area contributed by atoms with E-state index in [1.807, 2.05) is 48.5 Å². The van der Waals surface area contributed by atoms with Gasteiger partial charge in [-0.1, -0.05) is 60.7 Å². The molecule has 268 valence electrons. The topological polar surface area (TPSA) is 204 Å². The number of hydrogen-bond acceptors (Lipinski definition) is 10. The van der Waals surface area contributed by atoms with E-state index >= 15 is 0 Å². The van der Waals surface area contributed by atoms with Crippen LogP contribution in [0.25, 0.3) is 0 Å². The minimum atomic E-state index is -1.34. The van der Waals surface area contributed by atoms with E-state index in [9.17, 15) is 28.8 Å². The van der Waals surface area contributed by atoms with Gasteiger partial charge in [-0.25, -0.2) is 19.2 Å². The predicted molar refractivity (Wildman–Crippen MR) is 175 cm³/mol. The first-order valence-electron chi connectivity index (χ1n) is 15.7. The maximum absolute atomic E-state index is 12.5. The summed E-state index contributed by atoms with van der Waals surface area (Å²) in [5.74, 6) is -3.96. The molecule has 1 aliphatic carbocycles. The maximum Gasteiger partial charge on any atom is 0.408 e. The molecular formula is C35H46N2O12. The fourth-order valence-corrected chi connectivity index (χ4v) is 4.37. The van der Waals surface area contributed by atoms with Crippen LogP contribution in [0.3, 0.4) is 0 Å². The summed E-state index contributed by atoms with van der Waals surface area (Å²) in [7, 11) is 0. The third kappa shape index (κ3) is 15.5. The first-order chi connectivity index (χ1) is 22.8. The molecule has 14 heteroatoms. The van der Waals surface area contributed by atoms with Gasteiger partial charge in [-0.15, -0.1) is 0 Å². The summed E-state index contributed by atoms with van der Waals surface area (Å²) >= 11 is 0. The highest BCUT2D eigenvalue weighted by Crippen LogP contribution is 2.47. The predicted octanol–water partition coefficient (Wildman–Crippen LogP) is 4.98. The molecule has 0 spiro atoms. The average molecular weight is 687 g/mol. The first kappa shape index (κ1) is 40.0. The van der Waals surface area contributed by atoms with Crippen molar-refractivity contribution in [2.45, 2.75) is 103 Å². The lowest BCUT2D eigenvalue weighted by Crippen LogP contribution is -2.48. The number of esters is 2. The SMILES string of the molecule is CC(C)(C)OC(=O)NC(CCC(=O)O)C(=O)OCc1ccccc1.CC(C)(C)OC(=O)NC1(C(=O)OCc2ccccc2)CC1CC(=O)O. The molecule has 1 aliphatic rings. The van der Waals surface area contributed by atoms with Crippen molar-refractivity contribution in [1.82, 2.24) is 10.6 Å². The summed E-state index contributed by atoms with van der Waals surface area (Å²) in [4.78, 5) is 70.2. The Morgan fingerprint density at radius 2 is 1.24 bits per heavy atom. The summed E-state index contributed by atoms with van der Waals surface area (Å²) in [6.07, 6.45) is -1.93. The largest absolute Gasteiger partial charge is 0.481 e. The summed E-state index contributed by atoms with van der Waals surface area (Å²) in [5, 5.41) is 22.6. The van der Waals surface area contributed by atoms with E-state index in [1.54, 1.807) is 53.7 Å². The van der Waals surface area contributed by atoms with E-state index < -0.39 is 64.8 Å². The van der Waals surface area contributed by atoms with Gasteiger partial charge in [0.1, 0.15) is 36.0 Å². The lowest BCUT2D eigenvalue weighted by atomic mass is 10.1. The zero-order chi connectivity index (χ0) is 36.8. The van der Waals surface area contributed by atoms with Crippen LogP contribution in [0, 0.1) is 5.92 Å². The molecule has 0 saturated heterocycles. The quantitative estimate of drug-likeness (QED) is 0.163. The van der Waals surface area contributed by atoms with Crippen molar-refractivity contribution in [3.05, 3.63) is 71.8 Å². The van der Waals surface area contributed by atoms with Crippen LogP contribution in [0.1, 0.15) is 78.4 Å². The van der Waals surface area contributed by atoms with Crippen molar-refractivity contribution in [3.63, 3.8) is 0 Å². The van der Waals surface area contributed by atoms with Gasteiger partial charge in [0, 0.05) is 12.3 Å². The number of ether oxygens (including phenoxy) is 4. The van der Waals surface area contributed by atoms with Crippen molar-refractivity contribution in [1.29, 1.82) is 0 Å². The number of hydrogen-bond donors (Lipinski definition) is 4.